The van der Waals surface area contributed by atoms with Gasteiger partial charge >= 0.3 is 0 Å². The van der Waals surface area contributed by atoms with Crippen molar-refractivity contribution in [1.29, 1.82) is 0 Å². The summed E-state index contributed by atoms with van der Waals surface area (Å²) in [6.07, 6.45) is 2.02. The van der Waals surface area contributed by atoms with Crippen molar-refractivity contribution in [3.8, 4) is 0 Å². The molecule has 6 nitrogen and oxygen atoms in total. The number of nitrogens with two attached hydrogens (primary N) is 1. The van der Waals surface area contributed by atoms with Crippen LogP contribution in [0.5, 0.6) is 0 Å². The molecular formula is C17H23FN2O4. The molecule has 1 aliphatic rings. The van der Waals surface area contributed by atoms with Crippen molar-refractivity contribution >= 4 is 11.8 Å². The molecule has 0 radical (unpaired) electrons. The number of hydrogen-bond donors (Lipinski definition) is 2. The minimum Gasteiger partial charge on any atom is -0.379 e. The number of nitrogens with one attached hydrogen (secondary N) is 1. The van der Waals surface area contributed by atoms with Gasteiger partial charge in [-0.15, -0.1) is 0 Å². The SMILES string of the molecule is NC(=O)CO[C@@H]1COCC[C@H]1NC(=O)CCCc1ccc(F)cc1. The van der Waals surface area contributed by atoms with Crippen molar-refractivity contribution in [1.82, 2.24) is 5.32 Å². The van der Waals surface area contributed by atoms with E-state index in [1.165, 1.54) is 12.1 Å². The average Bonchev–Trinajstić information content (AvgIpc) is 2.56. The minimum atomic E-state index is -0.551. The van der Waals surface area contributed by atoms with Crippen LogP contribution in [0.3, 0.4) is 0 Å². The Kier molecular flexibility index (Phi) is 7.14. The summed E-state index contributed by atoms with van der Waals surface area (Å²) in [5.74, 6) is -0.889. The van der Waals surface area contributed by atoms with Crippen molar-refractivity contribution < 1.29 is 23.5 Å². The molecule has 0 aromatic heterocycles. The normalized spacial score (nSPS) is 20.5. The van der Waals surface area contributed by atoms with Crippen LogP contribution in [0.4, 0.5) is 4.39 Å². The molecule has 0 saturated carbocycles. The third-order valence-electron chi connectivity index (χ3n) is 3.87. The first-order valence-electron chi connectivity index (χ1n) is 8.06. The zero-order valence-corrected chi connectivity index (χ0v) is 13.5. The molecule has 1 aromatic rings. The molecule has 2 atom stereocenters. The topological polar surface area (TPSA) is 90.7 Å². The number of hydrogen-bond acceptors (Lipinski definition) is 4. The largest absolute Gasteiger partial charge is 0.379 e. The summed E-state index contributed by atoms with van der Waals surface area (Å²) in [5, 5.41) is 2.93. The number of ether oxygens (including phenoxy) is 2. The molecule has 2 rings (SSSR count). The van der Waals surface area contributed by atoms with Crippen LogP contribution in [-0.2, 0) is 25.5 Å². The number of aryl methyl sites for hydroxylation is 1. The van der Waals surface area contributed by atoms with E-state index in [9.17, 15) is 14.0 Å². The molecule has 1 saturated heterocycles. The van der Waals surface area contributed by atoms with Crippen LogP contribution in [-0.4, -0.2) is 43.8 Å². The quantitative estimate of drug-likeness (QED) is 0.737. The van der Waals surface area contributed by atoms with Gasteiger partial charge < -0.3 is 20.5 Å². The van der Waals surface area contributed by atoms with E-state index in [1.54, 1.807) is 12.1 Å². The molecule has 1 aromatic carbocycles. The second kappa shape index (κ2) is 9.34. The lowest BCUT2D eigenvalue weighted by atomic mass is 10.0. The molecular weight excluding hydrogens is 315 g/mol. The number of halogens is 1. The Morgan fingerprint density at radius 2 is 2.08 bits per heavy atom. The van der Waals surface area contributed by atoms with Gasteiger partial charge in [0.05, 0.1) is 12.6 Å². The molecule has 2 amide bonds. The zero-order chi connectivity index (χ0) is 17.4. The maximum Gasteiger partial charge on any atom is 0.243 e. The molecule has 0 bridgehead atoms. The summed E-state index contributed by atoms with van der Waals surface area (Å²) >= 11 is 0. The van der Waals surface area contributed by atoms with Crippen LogP contribution in [0, 0.1) is 5.82 Å². The predicted octanol–water partition coefficient (Wildman–Crippen LogP) is 0.924. The molecule has 3 N–H and O–H groups in total. The van der Waals surface area contributed by atoms with E-state index in [-0.39, 0.29) is 30.5 Å². The van der Waals surface area contributed by atoms with Crippen molar-refractivity contribution in [2.75, 3.05) is 19.8 Å². The van der Waals surface area contributed by atoms with Crippen LogP contribution < -0.4 is 11.1 Å². The Morgan fingerprint density at radius 3 is 2.79 bits per heavy atom. The highest BCUT2D eigenvalue weighted by atomic mass is 19.1. The first-order chi connectivity index (χ1) is 11.5. The third kappa shape index (κ3) is 6.25. The first kappa shape index (κ1) is 18.4. The Morgan fingerprint density at radius 1 is 1.33 bits per heavy atom. The van der Waals surface area contributed by atoms with Crippen LogP contribution in [0.2, 0.25) is 0 Å². The lowest BCUT2D eigenvalue weighted by Gasteiger charge is -2.31. The van der Waals surface area contributed by atoms with Crippen LogP contribution in [0.15, 0.2) is 24.3 Å². The second-order valence-corrected chi connectivity index (χ2v) is 5.83. The summed E-state index contributed by atoms with van der Waals surface area (Å²) in [7, 11) is 0. The van der Waals surface area contributed by atoms with E-state index in [4.69, 9.17) is 15.2 Å². The molecule has 24 heavy (non-hydrogen) atoms. The predicted molar refractivity (Wildman–Crippen MR) is 85.6 cm³/mol. The van der Waals surface area contributed by atoms with Gasteiger partial charge in [0.15, 0.2) is 0 Å². The Balaban J connectivity index is 1.73. The molecule has 1 fully saturated rings. The monoisotopic (exact) mass is 338 g/mol. The molecule has 7 heteroatoms. The highest BCUT2D eigenvalue weighted by molar-refractivity contribution is 5.76. The first-order valence-corrected chi connectivity index (χ1v) is 8.06. The lowest BCUT2D eigenvalue weighted by molar-refractivity contribution is -0.132. The van der Waals surface area contributed by atoms with Crippen LogP contribution in [0.1, 0.15) is 24.8 Å². The second-order valence-electron chi connectivity index (χ2n) is 5.83. The van der Waals surface area contributed by atoms with Crippen molar-refractivity contribution in [2.45, 2.75) is 37.8 Å². The summed E-state index contributed by atoms with van der Waals surface area (Å²) in [6.45, 7) is 0.676. The molecule has 132 valence electrons. The lowest BCUT2D eigenvalue weighted by Crippen LogP contribution is -2.50. The van der Waals surface area contributed by atoms with Gasteiger partial charge in [0.2, 0.25) is 11.8 Å². The number of rotatable bonds is 8. The van der Waals surface area contributed by atoms with Crippen molar-refractivity contribution in [3.05, 3.63) is 35.6 Å². The van der Waals surface area contributed by atoms with E-state index in [2.05, 4.69) is 5.32 Å². The van der Waals surface area contributed by atoms with Gasteiger partial charge in [0.25, 0.3) is 0 Å². The van der Waals surface area contributed by atoms with E-state index < -0.39 is 5.91 Å². The van der Waals surface area contributed by atoms with Gasteiger partial charge in [-0.2, -0.15) is 0 Å². The molecule has 0 unspecified atom stereocenters. The fraction of sp³-hybridized carbons (Fsp3) is 0.529. The number of amides is 2. The highest BCUT2D eigenvalue weighted by Gasteiger charge is 2.28. The fourth-order valence-corrected chi connectivity index (χ4v) is 2.61. The number of carbonyl (C=O) groups is 2. The molecule has 1 heterocycles. The standard InChI is InChI=1S/C17H23FN2O4/c18-13-6-4-12(5-7-13)2-1-3-17(22)20-14-8-9-23-10-15(14)24-11-16(19)21/h4-7,14-15H,1-3,8-11H2,(H2,19,21)(H,20,22)/t14-,15-/m1/s1. The van der Waals surface area contributed by atoms with E-state index >= 15 is 0 Å². The number of benzene rings is 1. The summed E-state index contributed by atoms with van der Waals surface area (Å²) in [4.78, 5) is 22.9. The van der Waals surface area contributed by atoms with Gasteiger partial charge in [0.1, 0.15) is 18.5 Å². The summed E-state index contributed by atoms with van der Waals surface area (Å²) in [6, 6.07) is 6.09. The van der Waals surface area contributed by atoms with Gasteiger partial charge in [-0.1, -0.05) is 12.1 Å². The smallest absolute Gasteiger partial charge is 0.243 e. The van der Waals surface area contributed by atoms with E-state index in [0.29, 0.717) is 38.9 Å². The maximum atomic E-state index is 12.8. The van der Waals surface area contributed by atoms with Crippen LogP contribution >= 0.6 is 0 Å². The Bertz CT molecular complexity index is 550. The van der Waals surface area contributed by atoms with Gasteiger partial charge in [0, 0.05) is 13.0 Å². The number of carbonyl (C=O) groups excluding carboxylic acids is 2. The summed E-state index contributed by atoms with van der Waals surface area (Å²) < 4.78 is 23.5. The highest BCUT2D eigenvalue weighted by Crippen LogP contribution is 2.12. The average molecular weight is 338 g/mol. The fourth-order valence-electron chi connectivity index (χ4n) is 2.61. The maximum absolute atomic E-state index is 12.8. The van der Waals surface area contributed by atoms with E-state index in [0.717, 1.165) is 5.56 Å². The molecule has 0 aliphatic carbocycles. The third-order valence-corrected chi connectivity index (χ3v) is 3.87. The van der Waals surface area contributed by atoms with Crippen LogP contribution in [0.25, 0.3) is 0 Å². The molecule has 1 aliphatic heterocycles. The van der Waals surface area contributed by atoms with Gasteiger partial charge in [-0.3, -0.25) is 9.59 Å². The Labute approximate surface area is 140 Å². The van der Waals surface area contributed by atoms with Gasteiger partial charge in [-0.05, 0) is 37.0 Å². The zero-order valence-electron chi connectivity index (χ0n) is 13.5. The molecule has 0 spiro atoms. The van der Waals surface area contributed by atoms with Crippen molar-refractivity contribution in [2.24, 2.45) is 5.73 Å². The number of primary amides is 1. The van der Waals surface area contributed by atoms with Gasteiger partial charge in [-0.25, -0.2) is 4.39 Å². The van der Waals surface area contributed by atoms with E-state index in [1.807, 2.05) is 0 Å². The van der Waals surface area contributed by atoms with Crippen molar-refractivity contribution in [3.63, 3.8) is 0 Å². The summed E-state index contributed by atoms with van der Waals surface area (Å²) in [5.41, 5.74) is 6.07. The minimum absolute atomic E-state index is 0.0725. The Hall–Kier alpha value is -1.99.